The van der Waals surface area contributed by atoms with Gasteiger partial charge in [-0.3, -0.25) is 4.79 Å². The first-order chi connectivity index (χ1) is 6.27. The number of amides is 1. The predicted octanol–water partition coefficient (Wildman–Crippen LogP) is 2.04. The number of rotatable bonds is 3. The SMILES string of the molecule is C=CCC1CCN(C(=O)CCl)CC1. The monoisotopic (exact) mass is 201 g/mol. The molecular formula is C10H16ClNO. The van der Waals surface area contributed by atoms with Crippen LogP contribution in [-0.4, -0.2) is 29.8 Å². The lowest BCUT2D eigenvalue weighted by Crippen LogP contribution is -2.39. The molecule has 0 atom stereocenters. The first-order valence-electron chi connectivity index (χ1n) is 4.72. The van der Waals surface area contributed by atoms with Gasteiger partial charge in [0.25, 0.3) is 0 Å². The molecule has 1 rings (SSSR count). The van der Waals surface area contributed by atoms with Gasteiger partial charge in [0.05, 0.1) is 0 Å². The number of likely N-dealkylation sites (tertiary alicyclic amines) is 1. The Kier molecular flexibility index (Phi) is 4.29. The van der Waals surface area contributed by atoms with Gasteiger partial charge in [0.15, 0.2) is 0 Å². The normalized spacial score (nSPS) is 18.7. The van der Waals surface area contributed by atoms with Crippen LogP contribution < -0.4 is 0 Å². The van der Waals surface area contributed by atoms with Crippen molar-refractivity contribution in [2.75, 3.05) is 19.0 Å². The van der Waals surface area contributed by atoms with E-state index in [4.69, 9.17) is 11.6 Å². The molecule has 1 aliphatic rings. The van der Waals surface area contributed by atoms with E-state index >= 15 is 0 Å². The van der Waals surface area contributed by atoms with Crippen LogP contribution in [-0.2, 0) is 4.79 Å². The van der Waals surface area contributed by atoms with Crippen LogP contribution in [0.15, 0.2) is 12.7 Å². The molecule has 0 N–H and O–H groups in total. The van der Waals surface area contributed by atoms with E-state index in [1.807, 2.05) is 11.0 Å². The molecule has 0 spiro atoms. The van der Waals surface area contributed by atoms with Crippen LogP contribution in [0.2, 0.25) is 0 Å². The Balaban J connectivity index is 2.30. The third kappa shape index (κ3) is 3.03. The van der Waals surface area contributed by atoms with Gasteiger partial charge < -0.3 is 4.90 Å². The maximum absolute atomic E-state index is 11.2. The minimum atomic E-state index is 0.0683. The Labute approximate surface area is 84.6 Å². The Morgan fingerprint density at radius 2 is 2.15 bits per heavy atom. The highest BCUT2D eigenvalue weighted by Crippen LogP contribution is 2.20. The molecule has 0 bridgehead atoms. The minimum Gasteiger partial charge on any atom is -0.342 e. The summed E-state index contributed by atoms with van der Waals surface area (Å²) in [6.07, 6.45) is 5.22. The van der Waals surface area contributed by atoms with Crippen molar-refractivity contribution in [3.63, 3.8) is 0 Å². The highest BCUT2D eigenvalue weighted by Gasteiger charge is 2.20. The third-order valence-corrected chi connectivity index (χ3v) is 2.81. The largest absolute Gasteiger partial charge is 0.342 e. The van der Waals surface area contributed by atoms with E-state index in [2.05, 4.69) is 6.58 Å². The molecule has 0 aromatic heterocycles. The van der Waals surface area contributed by atoms with Crippen LogP contribution in [0, 0.1) is 5.92 Å². The minimum absolute atomic E-state index is 0.0683. The van der Waals surface area contributed by atoms with Crippen molar-refractivity contribution >= 4 is 17.5 Å². The van der Waals surface area contributed by atoms with E-state index in [0.29, 0.717) is 0 Å². The fraction of sp³-hybridized carbons (Fsp3) is 0.700. The number of alkyl halides is 1. The molecule has 3 heteroatoms. The number of hydrogen-bond donors (Lipinski definition) is 0. The van der Waals surface area contributed by atoms with Crippen molar-refractivity contribution in [2.24, 2.45) is 5.92 Å². The highest BCUT2D eigenvalue weighted by molar-refractivity contribution is 6.27. The Bertz CT molecular complexity index is 185. The molecule has 13 heavy (non-hydrogen) atoms. The smallest absolute Gasteiger partial charge is 0.237 e. The second-order valence-electron chi connectivity index (χ2n) is 3.48. The molecule has 1 amide bonds. The van der Waals surface area contributed by atoms with Gasteiger partial charge in [0.2, 0.25) is 5.91 Å². The summed E-state index contributed by atoms with van der Waals surface area (Å²) in [5, 5.41) is 0. The van der Waals surface area contributed by atoms with Crippen molar-refractivity contribution in [1.82, 2.24) is 4.90 Å². The molecule has 0 radical (unpaired) electrons. The van der Waals surface area contributed by atoms with Gasteiger partial charge in [0.1, 0.15) is 5.88 Å². The molecule has 0 aliphatic carbocycles. The lowest BCUT2D eigenvalue weighted by molar-refractivity contribution is -0.129. The fourth-order valence-electron chi connectivity index (χ4n) is 1.74. The first kappa shape index (κ1) is 10.6. The summed E-state index contributed by atoms with van der Waals surface area (Å²) >= 11 is 5.48. The molecular weight excluding hydrogens is 186 g/mol. The highest BCUT2D eigenvalue weighted by atomic mass is 35.5. The second-order valence-corrected chi connectivity index (χ2v) is 3.75. The molecule has 0 aromatic carbocycles. The predicted molar refractivity (Wildman–Crippen MR) is 54.8 cm³/mol. The third-order valence-electron chi connectivity index (χ3n) is 2.58. The summed E-state index contributed by atoms with van der Waals surface area (Å²) in [5.41, 5.74) is 0. The van der Waals surface area contributed by atoms with Crippen molar-refractivity contribution < 1.29 is 4.79 Å². The summed E-state index contributed by atoms with van der Waals surface area (Å²) in [4.78, 5) is 13.1. The van der Waals surface area contributed by atoms with E-state index in [9.17, 15) is 4.79 Å². The molecule has 0 unspecified atom stereocenters. The summed E-state index contributed by atoms with van der Waals surface area (Å²) < 4.78 is 0. The molecule has 1 heterocycles. The van der Waals surface area contributed by atoms with Crippen LogP contribution in [0.4, 0.5) is 0 Å². The second kappa shape index (κ2) is 5.28. The zero-order valence-corrected chi connectivity index (χ0v) is 8.59. The summed E-state index contributed by atoms with van der Waals surface area (Å²) in [6.45, 7) is 5.45. The maximum atomic E-state index is 11.2. The van der Waals surface area contributed by atoms with E-state index in [1.165, 1.54) is 0 Å². The Hall–Kier alpha value is -0.500. The average Bonchev–Trinajstić information content (AvgIpc) is 2.18. The number of hydrogen-bond acceptors (Lipinski definition) is 1. The van der Waals surface area contributed by atoms with E-state index in [0.717, 1.165) is 38.3 Å². The van der Waals surface area contributed by atoms with Crippen molar-refractivity contribution in [3.8, 4) is 0 Å². The Morgan fingerprint density at radius 3 is 2.62 bits per heavy atom. The van der Waals surface area contributed by atoms with Crippen LogP contribution in [0.3, 0.4) is 0 Å². The van der Waals surface area contributed by atoms with Crippen molar-refractivity contribution in [2.45, 2.75) is 19.3 Å². The average molecular weight is 202 g/mol. The fourth-order valence-corrected chi connectivity index (χ4v) is 1.91. The van der Waals surface area contributed by atoms with Crippen LogP contribution in [0.5, 0.6) is 0 Å². The zero-order chi connectivity index (χ0) is 9.68. The molecule has 0 saturated carbocycles. The van der Waals surface area contributed by atoms with Gasteiger partial charge in [-0.1, -0.05) is 6.08 Å². The molecule has 1 saturated heterocycles. The summed E-state index contributed by atoms with van der Waals surface area (Å²) in [7, 11) is 0. The molecule has 0 aromatic rings. The van der Waals surface area contributed by atoms with E-state index in [1.54, 1.807) is 0 Å². The standard InChI is InChI=1S/C10H16ClNO/c1-2-3-9-4-6-12(7-5-9)10(13)8-11/h2,9H,1,3-8H2. The van der Waals surface area contributed by atoms with Crippen LogP contribution in [0.1, 0.15) is 19.3 Å². The van der Waals surface area contributed by atoms with Gasteiger partial charge in [0, 0.05) is 13.1 Å². The summed E-state index contributed by atoms with van der Waals surface area (Å²) in [5.74, 6) is 0.905. The lowest BCUT2D eigenvalue weighted by atomic mass is 9.94. The Morgan fingerprint density at radius 1 is 1.54 bits per heavy atom. The molecule has 2 nitrogen and oxygen atoms in total. The number of halogens is 1. The molecule has 74 valence electrons. The van der Waals surface area contributed by atoms with Gasteiger partial charge in [-0.15, -0.1) is 18.2 Å². The maximum Gasteiger partial charge on any atom is 0.237 e. The van der Waals surface area contributed by atoms with Gasteiger partial charge in [-0.2, -0.15) is 0 Å². The van der Waals surface area contributed by atoms with E-state index < -0.39 is 0 Å². The number of piperidine rings is 1. The summed E-state index contributed by atoms with van der Waals surface area (Å²) in [6, 6.07) is 0. The lowest BCUT2D eigenvalue weighted by Gasteiger charge is -2.31. The van der Waals surface area contributed by atoms with Crippen molar-refractivity contribution in [3.05, 3.63) is 12.7 Å². The number of carbonyl (C=O) groups is 1. The first-order valence-corrected chi connectivity index (χ1v) is 5.26. The zero-order valence-electron chi connectivity index (χ0n) is 7.84. The number of allylic oxidation sites excluding steroid dienone is 1. The van der Waals surface area contributed by atoms with Gasteiger partial charge in [-0.05, 0) is 25.2 Å². The number of nitrogens with zero attached hydrogens (tertiary/aromatic N) is 1. The quantitative estimate of drug-likeness (QED) is 0.506. The topological polar surface area (TPSA) is 20.3 Å². The number of carbonyl (C=O) groups excluding carboxylic acids is 1. The van der Waals surface area contributed by atoms with Crippen molar-refractivity contribution in [1.29, 1.82) is 0 Å². The van der Waals surface area contributed by atoms with E-state index in [-0.39, 0.29) is 11.8 Å². The van der Waals surface area contributed by atoms with Gasteiger partial charge in [-0.25, -0.2) is 0 Å². The van der Waals surface area contributed by atoms with Gasteiger partial charge >= 0.3 is 0 Å². The van der Waals surface area contributed by atoms with Crippen LogP contribution in [0.25, 0.3) is 0 Å². The van der Waals surface area contributed by atoms with Crippen LogP contribution >= 0.6 is 11.6 Å². The molecule has 1 aliphatic heterocycles. The molecule has 1 fully saturated rings.